The Morgan fingerprint density at radius 3 is 2.33 bits per heavy atom. The maximum atomic E-state index is 11.7. The Hall–Kier alpha value is -0.660. The third-order valence-corrected chi connectivity index (χ3v) is 3.38. The van der Waals surface area contributed by atoms with Crippen molar-refractivity contribution >= 4 is 11.5 Å². The molecule has 0 heterocycles. The first kappa shape index (κ1) is 12.4. The Kier molecular flexibility index (Phi) is 4.49. The lowest BCUT2D eigenvalue weighted by molar-refractivity contribution is -0.121. The minimum Gasteiger partial charge on any atom is -0.297 e. The summed E-state index contributed by atoms with van der Waals surface area (Å²) < 4.78 is 0. The highest BCUT2D eigenvalue weighted by atomic mass is 16.1. The summed E-state index contributed by atoms with van der Waals surface area (Å²) in [6.07, 6.45) is 7.67. The monoisotopic (exact) mass is 209 g/mol. The highest BCUT2D eigenvalue weighted by Crippen LogP contribution is 2.34. The predicted octanol–water partition coefficient (Wildman–Crippen LogP) is 3.54. The van der Waals surface area contributed by atoms with Crippen LogP contribution >= 0.6 is 0 Å². The predicted molar refractivity (Wildman–Crippen MR) is 64.5 cm³/mol. The highest BCUT2D eigenvalue weighted by molar-refractivity contribution is 5.91. The Balaban J connectivity index is 2.69. The topological polar surface area (TPSA) is 29.4 Å². The van der Waals surface area contributed by atoms with E-state index in [0.29, 0.717) is 0 Å². The van der Waals surface area contributed by atoms with Crippen molar-refractivity contribution in [3.05, 3.63) is 0 Å². The van der Waals surface area contributed by atoms with Gasteiger partial charge in [0.25, 0.3) is 0 Å². The fourth-order valence-corrected chi connectivity index (χ4v) is 2.36. The second-order valence-electron chi connectivity index (χ2n) is 4.75. The molecule has 0 aliphatic heterocycles. The molecule has 0 amide bonds. The van der Waals surface area contributed by atoms with Crippen LogP contribution in [0.25, 0.3) is 0 Å². The smallest absolute Gasteiger partial charge is 0.157 e. The van der Waals surface area contributed by atoms with Crippen LogP contribution in [0.2, 0.25) is 0 Å². The van der Waals surface area contributed by atoms with E-state index >= 15 is 0 Å². The summed E-state index contributed by atoms with van der Waals surface area (Å²) in [6.45, 7) is 5.95. The molecule has 0 aromatic rings. The molecule has 0 bridgehead atoms. The first-order valence-corrected chi connectivity index (χ1v) is 6.17. The lowest BCUT2D eigenvalue weighted by Crippen LogP contribution is -2.32. The number of aliphatic imine (C=N–C) groups is 1. The van der Waals surface area contributed by atoms with Crippen LogP contribution in [0.4, 0.5) is 0 Å². The molecule has 1 aliphatic rings. The number of rotatable bonds is 5. The first-order valence-electron chi connectivity index (χ1n) is 6.17. The fraction of sp³-hybridized carbons (Fsp3) is 0.846. The van der Waals surface area contributed by atoms with Gasteiger partial charge in [-0.15, -0.1) is 0 Å². The van der Waals surface area contributed by atoms with Crippen LogP contribution in [0.15, 0.2) is 4.99 Å². The van der Waals surface area contributed by atoms with E-state index < -0.39 is 0 Å². The van der Waals surface area contributed by atoms with E-state index in [1.807, 2.05) is 0 Å². The zero-order valence-electron chi connectivity index (χ0n) is 10.3. The maximum absolute atomic E-state index is 11.7. The van der Waals surface area contributed by atoms with Crippen LogP contribution in [0.5, 0.6) is 0 Å². The van der Waals surface area contributed by atoms with E-state index in [-0.39, 0.29) is 11.3 Å². The molecule has 0 aromatic heterocycles. The number of ketones is 1. The summed E-state index contributed by atoms with van der Waals surface area (Å²) in [6, 6.07) is 0. The quantitative estimate of drug-likeness (QED) is 0.637. The highest BCUT2D eigenvalue weighted by Gasteiger charge is 2.37. The molecule has 15 heavy (non-hydrogen) atoms. The van der Waals surface area contributed by atoms with Crippen molar-refractivity contribution in [3.8, 4) is 0 Å². The molecule has 1 aliphatic carbocycles. The third kappa shape index (κ3) is 3.15. The molecule has 1 rings (SSSR count). The molecule has 0 N–H and O–H groups in total. The molecule has 0 saturated heterocycles. The van der Waals surface area contributed by atoms with E-state index in [1.165, 1.54) is 12.8 Å². The average molecular weight is 209 g/mol. The normalized spacial score (nSPS) is 20.6. The summed E-state index contributed by atoms with van der Waals surface area (Å²) in [5.74, 6) is 0.260. The fourth-order valence-electron chi connectivity index (χ4n) is 2.36. The first-order chi connectivity index (χ1) is 7.10. The summed E-state index contributed by atoms with van der Waals surface area (Å²) >= 11 is 0. The number of unbranched alkanes of at least 4 members (excludes halogenated alkanes) is 1. The Morgan fingerprint density at radius 2 is 1.87 bits per heavy atom. The van der Waals surface area contributed by atoms with Crippen LogP contribution in [0, 0.1) is 0 Å². The SMILES string of the molecule is CCCCC(C)=NC1(C(C)=O)CCCC1. The van der Waals surface area contributed by atoms with Crippen molar-refractivity contribution in [2.24, 2.45) is 4.99 Å². The van der Waals surface area contributed by atoms with Gasteiger partial charge in [0.2, 0.25) is 0 Å². The largest absolute Gasteiger partial charge is 0.297 e. The average Bonchev–Trinajstić information content (AvgIpc) is 2.64. The molecule has 0 spiro atoms. The van der Waals surface area contributed by atoms with E-state index in [4.69, 9.17) is 4.99 Å². The molecule has 0 atom stereocenters. The third-order valence-electron chi connectivity index (χ3n) is 3.38. The van der Waals surface area contributed by atoms with E-state index in [9.17, 15) is 4.79 Å². The molecule has 2 heteroatoms. The van der Waals surface area contributed by atoms with Crippen LogP contribution in [-0.2, 0) is 4.79 Å². The van der Waals surface area contributed by atoms with Gasteiger partial charge in [-0.3, -0.25) is 9.79 Å². The number of Topliss-reactive ketones (excluding diaryl/α,β-unsaturated/α-hetero) is 1. The van der Waals surface area contributed by atoms with Gasteiger partial charge in [0.15, 0.2) is 5.78 Å². The molecular weight excluding hydrogens is 186 g/mol. The lowest BCUT2D eigenvalue weighted by Gasteiger charge is -2.22. The number of carbonyl (C=O) groups excluding carboxylic acids is 1. The van der Waals surface area contributed by atoms with Crippen LogP contribution < -0.4 is 0 Å². The van der Waals surface area contributed by atoms with E-state index in [0.717, 1.165) is 37.8 Å². The zero-order valence-corrected chi connectivity index (χ0v) is 10.3. The van der Waals surface area contributed by atoms with Crippen molar-refractivity contribution in [3.63, 3.8) is 0 Å². The Bertz CT molecular complexity index is 249. The standard InChI is InChI=1S/C13H23NO/c1-4-5-8-11(2)14-13(12(3)15)9-6-7-10-13/h4-10H2,1-3H3. The Labute approximate surface area is 93.2 Å². The summed E-state index contributed by atoms with van der Waals surface area (Å²) in [4.78, 5) is 16.4. The molecule has 1 fully saturated rings. The Morgan fingerprint density at radius 1 is 1.27 bits per heavy atom. The van der Waals surface area contributed by atoms with Crippen molar-refractivity contribution in [2.75, 3.05) is 0 Å². The van der Waals surface area contributed by atoms with E-state index in [2.05, 4.69) is 13.8 Å². The van der Waals surface area contributed by atoms with Gasteiger partial charge in [0.05, 0.1) is 0 Å². The van der Waals surface area contributed by atoms with Gasteiger partial charge in [-0.25, -0.2) is 0 Å². The van der Waals surface area contributed by atoms with Gasteiger partial charge >= 0.3 is 0 Å². The molecule has 0 aromatic carbocycles. The zero-order chi connectivity index (χ0) is 11.3. The molecule has 86 valence electrons. The second-order valence-corrected chi connectivity index (χ2v) is 4.75. The number of carbonyl (C=O) groups is 1. The van der Waals surface area contributed by atoms with Gasteiger partial charge in [-0.05, 0) is 39.5 Å². The van der Waals surface area contributed by atoms with Crippen LogP contribution in [0.1, 0.15) is 65.7 Å². The number of hydrogen-bond acceptors (Lipinski definition) is 2. The maximum Gasteiger partial charge on any atom is 0.157 e. The van der Waals surface area contributed by atoms with Crippen LogP contribution in [0.3, 0.4) is 0 Å². The van der Waals surface area contributed by atoms with Crippen molar-refractivity contribution in [2.45, 2.75) is 71.3 Å². The van der Waals surface area contributed by atoms with Crippen LogP contribution in [-0.4, -0.2) is 17.0 Å². The molecule has 0 radical (unpaired) electrons. The number of nitrogens with zero attached hydrogens (tertiary/aromatic N) is 1. The summed E-state index contributed by atoms with van der Waals surface area (Å²) in [5, 5.41) is 0. The van der Waals surface area contributed by atoms with Gasteiger partial charge in [-0.1, -0.05) is 26.2 Å². The van der Waals surface area contributed by atoms with Gasteiger partial charge in [0, 0.05) is 5.71 Å². The second kappa shape index (κ2) is 5.43. The van der Waals surface area contributed by atoms with Gasteiger partial charge in [-0.2, -0.15) is 0 Å². The van der Waals surface area contributed by atoms with Gasteiger partial charge < -0.3 is 0 Å². The van der Waals surface area contributed by atoms with E-state index in [1.54, 1.807) is 6.92 Å². The van der Waals surface area contributed by atoms with Gasteiger partial charge in [0.1, 0.15) is 5.54 Å². The number of hydrogen-bond donors (Lipinski definition) is 0. The van der Waals surface area contributed by atoms with Crippen molar-refractivity contribution in [1.82, 2.24) is 0 Å². The lowest BCUT2D eigenvalue weighted by atomic mass is 9.93. The summed E-state index contributed by atoms with van der Waals surface area (Å²) in [7, 11) is 0. The minimum atomic E-state index is -0.335. The van der Waals surface area contributed by atoms with Crippen molar-refractivity contribution < 1.29 is 4.79 Å². The molecule has 0 unspecified atom stereocenters. The molecule has 1 saturated carbocycles. The minimum absolute atomic E-state index is 0.260. The summed E-state index contributed by atoms with van der Waals surface area (Å²) in [5.41, 5.74) is 0.826. The molecule has 2 nitrogen and oxygen atoms in total. The van der Waals surface area contributed by atoms with Crippen molar-refractivity contribution in [1.29, 1.82) is 0 Å². The molecular formula is C13H23NO.